The van der Waals surface area contributed by atoms with Gasteiger partial charge in [0.25, 0.3) is 0 Å². The number of hydrogen-bond acceptors (Lipinski definition) is 3. The topological polar surface area (TPSA) is 71.6 Å². The molecule has 3 heterocycles. The maximum atomic E-state index is 13.1. The maximum Gasteiger partial charge on any atom is 0.350 e. The molecule has 172 valence electrons. The number of hydrogen-bond donors (Lipinski definition) is 1. The molecule has 6 rings (SSSR count). The van der Waals surface area contributed by atoms with Gasteiger partial charge in [-0.15, -0.1) is 5.10 Å². The number of amides is 2. The number of carbonyl (C=O) groups excluding carboxylic acids is 1. The molecule has 7 nitrogen and oxygen atoms in total. The van der Waals surface area contributed by atoms with Crippen LogP contribution in [-0.2, 0) is 6.54 Å². The van der Waals surface area contributed by atoms with Crippen LogP contribution in [0.15, 0.2) is 53.5 Å². The quantitative estimate of drug-likeness (QED) is 0.634. The van der Waals surface area contributed by atoms with Crippen molar-refractivity contribution < 1.29 is 4.79 Å². The van der Waals surface area contributed by atoms with Crippen LogP contribution < -0.4 is 11.0 Å². The van der Waals surface area contributed by atoms with E-state index in [0.29, 0.717) is 18.2 Å². The van der Waals surface area contributed by atoms with E-state index in [1.165, 1.54) is 41.2 Å². The number of aromatic nitrogens is 3. The van der Waals surface area contributed by atoms with Gasteiger partial charge in [0, 0.05) is 24.5 Å². The average molecular weight is 446 g/mol. The van der Waals surface area contributed by atoms with Crippen LogP contribution in [0.1, 0.15) is 50.5 Å². The average Bonchev–Trinajstić information content (AvgIpc) is 3.60. The van der Waals surface area contributed by atoms with Gasteiger partial charge >= 0.3 is 11.7 Å². The lowest BCUT2D eigenvalue weighted by atomic mass is 9.84. The van der Waals surface area contributed by atoms with Crippen LogP contribution in [0.25, 0.3) is 5.65 Å². The molecule has 4 unspecified atom stereocenters. The van der Waals surface area contributed by atoms with Crippen molar-refractivity contribution in [2.45, 2.75) is 57.5 Å². The number of fused-ring (bicyclic) bond motifs is 3. The van der Waals surface area contributed by atoms with Crippen molar-refractivity contribution in [2.75, 3.05) is 11.9 Å². The minimum absolute atomic E-state index is 0.00250. The van der Waals surface area contributed by atoms with Gasteiger partial charge in [-0.3, -0.25) is 4.40 Å². The zero-order valence-electron chi connectivity index (χ0n) is 18.9. The molecule has 3 aromatic rings. The third-order valence-corrected chi connectivity index (χ3v) is 8.10. The molecule has 3 aliphatic rings. The first kappa shape index (κ1) is 20.5. The molecule has 0 radical (unpaired) electrons. The molecule has 4 atom stereocenters. The molecule has 1 aliphatic heterocycles. The second-order valence-corrected chi connectivity index (χ2v) is 10.2. The minimum Gasteiger partial charge on any atom is -0.322 e. The molecule has 2 amide bonds. The van der Waals surface area contributed by atoms with Crippen LogP contribution in [-0.4, -0.2) is 37.7 Å². The Kier molecular flexibility index (Phi) is 5.19. The fourth-order valence-electron chi connectivity index (χ4n) is 6.55. The molecular weight excluding hydrogens is 414 g/mol. The Morgan fingerprint density at radius 1 is 1.09 bits per heavy atom. The molecule has 1 N–H and O–H groups in total. The Balaban J connectivity index is 1.13. The zero-order valence-corrected chi connectivity index (χ0v) is 18.9. The van der Waals surface area contributed by atoms with Crippen LogP contribution >= 0.6 is 0 Å². The Bertz CT molecular complexity index is 1230. The Morgan fingerprint density at radius 2 is 2.03 bits per heavy atom. The normalized spacial score (nSPS) is 26.4. The lowest BCUT2D eigenvalue weighted by Gasteiger charge is -2.30. The van der Waals surface area contributed by atoms with Crippen LogP contribution in [0.5, 0.6) is 0 Å². The van der Waals surface area contributed by atoms with Gasteiger partial charge in [0.05, 0.1) is 6.54 Å². The molecule has 2 saturated carbocycles. The summed E-state index contributed by atoms with van der Waals surface area (Å²) in [7, 11) is 0. The van der Waals surface area contributed by atoms with Gasteiger partial charge in [-0.2, -0.15) is 0 Å². The highest BCUT2D eigenvalue weighted by atomic mass is 16.2. The van der Waals surface area contributed by atoms with E-state index in [1.54, 1.807) is 6.20 Å². The molecule has 7 heteroatoms. The summed E-state index contributed by atoms with van der Waals surface area (Å²) in [6, 6.07) is 13.6. The third-order valence-electron chi connectivity index (χ3n) is 8.10. The first-order valence-electron chi connectivity index (χ1n) is 12.3. The second kappa shape index (κ2) is 8.36. The molecule has 1 aromatic carbocycles. The summed E-state index contributed by atoms with van der Waals surface area (Å²) in [6.07, 6.45) is 10.7. The van der Waals surface area contributed by atoms with Crippen molar-refractivity contribution in [3.63, 3.8) is 0 Å². The molecule has 1 saturated heterocycles. The number of likely N-dealkylation sites (tertiary alicyclic amines) is 1. The number of rotatable bonds is 5. The summed E-state index contributed by atoms with van der Waals surface area (Å²) in [4.78, 5) is 27.8. The van der Waals surface area contributed by atoms with Gasteiger partial charge in [-0.25, -0.2) is 14.3 Å². The van der Waals surface area contributed by atoms with Crippen molar-refractivity contribution in [1.82, 2.24) is 19.1 Å². The van der Waals surface area contributed by atoms with Crippen molar-refractivity contribution >= 4 is 17.4 Å². The highest BCUT2D eigenvalue weighted by molar-refractivity contribution is 5.89. The fraction of sp³-hybridized carbons (Fsp3) is 0.500. The fourth-order valence-corrected chi connectivity index (χ4v) is 6.55. The lowest BCUT2D eigenvalue weighted by molar-refractivity contribution is 0.186. The number of anilines is 1. The Labute approximate surface area is 193 Å². The van der Waals surface area contributed by atoms with Gasteiger partial charge in [-0.1, -0.05) is 24.6 Å². The van der Waals surface area contributed by atoms with E-state index >= 15 is 0 Å². The van der Waals surface area contributed by atoms with Gasteiger partial charge < -0.3 is 10.2 Å². The van der Waals surface area contributed by atoms with Gasteiger partial charge in [-0.05, 0) is 86.1 Å². The molecule has 3 fully saturated rings. The standard InChI is InChI=1S/C26H31N5O2/c32-25(29-12-4-7-23(29)16-21-14-18-9-10-20(21)13-18)27-22-6-3-5-19(15-22)17-31-26(33)30-11-2-1-8-24(30)28-31/h1-3,5-6,8,11,15,18,20-21,23H,4,7,9-10,12-14,16-17H2,(H,27,32). The van der Waals surface area contributed by atoms with Gasteiger partial charge in [0.15, 0.2) is 5.65 Å². The summed E-state index contributed by atoms with van der Waals surface area (Å²) in [5.74, 6) is 2.67. The maximum absolute atomic E-state index is 13.1. The van der Waals surface area contributed by atoms with Crippen molar-refractivity contribution in [3.05, 3.63) is 64.7 Å². The SMILES string of the molecule is O=C(Nc1cccc(Cn2nc3ccccn3c2=O)c1)N1CCCC1CC1CC2CCC1C2. The number of carbonyl (C=O) groups is 1. The zero-order chi connectivity index (χ0) is 22.4. The number of urea groups is 1. The minimum atomic E-state index is -0.166. The molecule has 2 aromatic heterocycles. The highest BCUT2D eigenvalue weighted by Gasteiger charge is 2.42. The Morgan fingerprint density at radius 3 is 2.85 bits per heavy atom. The van der Waals surface area contributed by atoms with Crippen LogP contribution in [0.4, 0.5) is 10.5 Å². The van der Waals surface area contributed by atoms with E-state index in [-0.39, 0.29) is 11.7 Å². The predicted octanol–water partition coefficient (Wildman–Crippen LogP) is 4.37. The summed E-state index contributed by atoms with van der Waals surface area (Å²) in [5.41, 5.74) is 2.15. The van der Waals surface area contributed by atoms with E-state index in [2.05, 4.69) is 15.3 Å². The number of pyridine rings is 1. The van der Waals surface area contributed by atoms with Crippen LogP contribution in [0.3, 0.4) is 0 Å². The predicted molar refractivity (Wildman–Crippen MR) is 127 cm³/mol. The van der Waals surface area contributed by atoms with E-state index in [1.807, 2.05) is 42.5 Å². The summed E-state index contributed by atoms with van der Waals surface area (Å²) in [5, 5.41) is 7.52. The smallest absolute Gasteiger partial charge is 0.322 e. The van der Waals surface area contributed by atoms with Crippen LogP contribution in [0.2, 0.25) is 0 Å². The van der Waals surface area contributed by atoms with E-state index in [4.69, 9.17) is 0 Å². The largest absolute Gasteiger partial charge is 0.350 e. The lowest BCUT2D eigenvalue weighted by Crippen LogP contribution is -2.40. The first-order valence-corrected chi connectivity index (χ1v) is 12.3. The van der Waals surface area contributed by atoms with E-state index < -0.39 is 0 Å². The highest BCUT2D eigenvalue weighted by Crippen LogP contribution is 2.50. The van der Waals surface area contributed by atoms with Gasteiger partial charge in [0.1, 0.15) is 0 Å². The summed E-state index contributed by atoms with van der Waals surface area (Å²) in [6.45, 7) is 1.20. The van der Waals surface area contributed by atoms with Crippen molar-refractivity contribution in [2.24, 2.45) is 17.8 Å². The number of benzene rings is 1. The van der Waals surface area contributed by atoms with Crippen molar-refractivity contribution in [3.8, 4) is 0 Å². The number of nitrogens with zero attached hydrogens (tertiary/aromatic N) is 4. The Hall–Kier alpha value is -3.09. The van der Waals surface area contributed by atoms with Crippen LogP contribution in [0, 0.1) is 17.8 Å². The molecule has 2 aliphatic carbocycles. The van der Waals surface area contributed by atoms with Crippen molar-refractivity contribution in [1.29, 1.82) is 0 Å². The summed E-state index contributed by atoms with van der Waals surface area (Å²) >= 11 is 0. The van der Waals surface area contributed by atoms with Gasteiger partial charge in [0.2, 0.25) is 0 Å². The molecular formula is C26H31N5O2. The first-order chi connectivity index (χ1) is 16.1. The summed E-state index contributed by atoms with van der Waals surface area (Å²) < 4.78 is 3.00. The molecule has 33 heavy (non-hydrogen) atoms. The van der Waals surface area contributed by atoms with E-state index in [9.17, 15) is 9.59 Å². The molecule has 2 bridgehead atoms. The second-order valence-electron chi connectivity index (χ2n) is 10.2. The molecule has 0 spiro atoms. The van der Waals surface area contributed by atoms with E-state index in [0.717, 1.165) is 48.4 Å². The number of nitrogens with one attached hydrogen (secondary N) is 1. The third kappa shape index (κ3) is 3.94. The monoisotopic (exact) mass is 445 g/mol.